The number of nitrogens with zero attached hydrogens (tertiary/aromatic N) is 3. The molecule has 0 bridgehead atoms. The fraction of sp³-hybridized carbons (Fsp3) is 0.267. The Balaban J connectivity index is 1.90. The smallest absolute Gasteiger partial charge is 0.331 e. The summed E-state index contributed by atoms with van der Waals surface area (Å²) in [5, 5.41) is 13.2. The van der Waals surface area contributed by atoms with Crippen LogP contribution in [0.5, 0.6) is 0 Å². The Kier molecular flexibility index (Phi) is 6.43. The molecule has 2 rings (SSSR count). The molecule has 1 aromatic carbocycles. The molecule has 0 aliphatic carbocycles. The molecule has 2 aromatic rings. The van der Waals surface area contributed by atoms with Crippen LogP contribution in [0.2, 0.25) is 0 Å². The van der Waals surface area contributed by atoms with Gasteiger partial charge in [-0.1, -0.05) is 6.07 Å². The number of rotatable bonds is 8. The average Bonchev–Trinajstić information content (AvgIpc) is 2.66. The SMILES string of the molecule is Cn1c(=O)ccn(CC(=O)NCCNS(=O)(=O)c2cccc([N+](=O)[O-])c2)c1=O. The lowest BCUT2D eigenvalue weighted by atomic mass is 10.3. The lowest BCUT2D eigenvalue weighted by Crippen LogP contribution is -2.41. The molecule has 28 heavy (non-hydrogen) atoms. The zero-order valence-electron chi connectivity index (χ0n) is 14.7. The van der Waals surface area contributed by atoms with Crippen molar-refractivity contribution in [2.75, 3.05) is 13.1 Å². The number of nitro benzene ring substituents is 1. The van der Waals surface area contributed by atoms with E-state index in [1.54, 1.807) is 0 Å². The highest BCUT2D eigenvalue weighted by atomic mass is 32.2. The fourth-order valence-electron chi connectivity index (χ4n) is 2.18. The largest absolute Gasteiger partial charge is 0.353 e. The van der Waals surface area contributed by atoms with Crippen LogP contribution in [0, 0.1) is 10.1 Å². The van der Waals surface area contributed by atoms with Crippen molar-refractivity contribution < 1.29 is 18.1 Å². The van der Waals surface area contributed by atoms with Crippen LogP contribution >= 0.6 is 0 Å². The quantitative estimate of drug-likeness (QED) is 0.305. The molecule has 0 atom stereocenters. The predicted molar refractivity (Wildman–Crippen MR) is 97.2 cm³/mol. The molecule has 12 nitrogen and oxygen atoms in total. The molecule has 0 saturated carbocycles. The zero-order chi connectivity index (χ0) is 20.9. The lowest BCUT2D eigenvalue weighted by molar-refractivity contribution is -0.385. The van der Waals surface area contributed by atoms with E-state index < -0.39 is 32.1 Å². The summed E-state index contributed by atoms with van der Waals surface area (Å²) in [4.78, 5) is 44.7. The Bertz CT molecular complexity index is 1120. The van der Waals surface area contributed by atoms with Crippen molar-refractivity contribution in [1.29, 1.82) is 0 Å². The minimum atomic E-state index is -3.99. The Morgan fingerprint density at radius 2 is 1.93 bits per heavy atom. The number of non-ortho nitro benzene ring substituents is 1. The number of amides is 1. The van der Waals surface area contributed by atoms with E-state index in [0.29, 0.717) is 0 Å². The minimum Gasteiger partial charge on any atom is -0.353 e. The molecule has 2 N–H and O–H groups in total. The molecule has 1 aromatic heterocycles. The third-order valence-corrected chi connectivity index (χ3v) is 5.11. The summed E-state index contributed by atoms with van der Waals surface area (Å²) in [6.07, 6.45) is 1.19. The monoisotopic (exact) mass is 411 g/mol. The molecule has 0 fully saturated rings. The molecule has 0 aliphatic heterocycles. The van der Waals surface area contributed by atoms with Crippen LogP contribution < -0.4 is 21.3 Å². The molecule has 0 saturated heterocycles. The van der Waals surface area contributed by atoms with E-state index in [4.69, 9.17) is 0 Å². The summed E-state index contributed by atoms with van der Waals surface area (Å²) in [7, 11) is -2.71. The van der Waals surface area contributed by atoms with Gasteiger partial charge in [-0.25, -0.2) is 17.9 Å². The Labute approximate surface area is 158 Å². The predicted octanol–water partition coefficient (Wildman–Crippen LogP) is -1.45. The number of aromatic nitrogens is 2. The van der Waals surface area contributed by atoms with Crippen molar-refractivity contribution in [1.82, 2.24) is 19.2 Å². The first kappa shape index (κ1) is 21.0. The molecule has 0 aliphatic rings. The number of nitrogens with one attached hydrogen (secondary N) is 2. The number of hydrogen-bond acceptors (Lipinski definition) is 7. The summed E-state index contributed by atoms with van der Waals surface area (Å²) >= 11 is 0. The molecule has 0 radical (unpaired) electrons. The maximum absolute atomic E-state index is 12.1. The zero-order valence-corrected chi connectivity index (χ0v) is 15.5. The van der Waals surface area contributed by atoms with Crippen LogP contribution in [0.15, 0.2) is 51.0 Å². The van der Waals surface area contributed by atoms with Crippen LogP contribution in [0.4, 0.5) is 5.69 Å². The van der Waals surface area contributed by atoms with E-state index in [2.05, 4.69) is 10.0 Å². The second-order valence-electron chi connectivity index (χ2n) is 5.63. The number of carbonyl (C=O) groups is 1. The highest BCUT2D eigenvalue weighted by Gasteiger charge is 2.17. The fourth-order valence-corrected chi connectivity index (χ4v) is 3.25. The van der Waals surface area contributed by atoms with Crippen molar-refractivity contribution in [3.8, 4) is 0 Å². The van der Waals surface area contributed by atoms with Gasteiger partial charge in [0.1, 0.15) is 6.54 Å². The van der Waals surface area contributed by atoms with Gasteiger partial charge in [0.05, 0.1) is 9.82 Å². The van der Waals surface area contributed by atoms with Gasteiger partial charge >= 0.3 is 5.69 Å². The first-order chi connectivity index (χ1) is 13.1. The van der Waals surface area contributed by atoms with E-state index in [0.717, 1.165) is 21.3 Å². The molecule has 0 spiro atoms. The molecule has 1 heterocycles. The second kappa shape index (κ2) is 8.58. The van der Waals surface area contributed by atoms with Gasteiger partial charge in [-0.2, -0.15) is 0 Å². The number of hydrogen-bond donors (Lipinski definition) is 2. The van der Waals surface area contributed by atoms with Crippen LogP contribution in [-0.2, 0) is 28.4 Å². The third kappa shape index (κ3) is 5.11. The number of sulfonamides is 1. The Hall–Kier alpha value is -3.32. The summed E-state index contributed by atoms with van der Waals surface area (Å²) in [6, 6.07) is 5.69. The van der Waals surface area contributed by atoms with Gasteiger partial charge in [-0.3, -0.25) is 28.8 Å². The normalized spacial score (nSPS) is 11.2. The van der Waals surface area contributed by atoms with Crippen LogP contribution in [0.3, 0.4) is 0 Å². The van der Waals surface area contributed by atoms with Gasteiger partial charge in [0, 0.05) is 44.5 Å². The van der Waals surface area contributed by atoms with Crippen molar-refractivity contribution in [3.05, 3.63) is 67.5 Å². The average molecular weight is 411 g/mol. The summed E-state index contributed by atoms with van der Waals surface area (Å²) in [6.45, 7) is -0.586. The Morgan fingerprint density at radius 1 is 1.21 bits per heavy atom. The van der Waals surface area contributed by atoms with Gasteiger partial charge < -0.3 is 5.32 Å². The summed E-state index contributed by atoms with van der Waals surface area (Å²) in [5.41, 5.74) is -1.52. The van der Waals surface area contributed by atoms with Gasteiger partial charge in [0.15, 0.2) is 0 Å². The molecular weight excluding hydrogens is 394 g/mol. The van der Waals surface area contributed by atoms with E-state index in [9.17, 15) is 32.9 Å². The number of nitro groups is 1. The van der Waals surface area contributed by atoms with E-state index >= 15 is 0 Å². The number of benzene rings is 1. The highest BCUT2D eigenvalue weighted by Crippen LogP contribution is 2.16. The van der Waals surface area contributed by atoms with Crippen molar-refractivity contribution in [2.24, 2.45) is 7.05 Å². The molecule has 0 unspecified atom stereocenters. The van der Waals surface area contributed by atoms with Crippen molar-refractivity contribution in [3.63, 3.8) is 0 Å². The van der Waals surface area contributed by atoms with E-state index in [1.807, 2.05) is 0 Å². The lowest BCUT2D eigenvalue weighted by Gasteiger charge is -2.09. The van der Waals surface area contributed by atoms with E-state index in [1.165, 1.54) is 31.4 Å². The van der Waals surface area contributed by atoms with Crippen LogP contribution in [-0.4, -0.2) is 41.5 Å². The maximum atomic E-state index is 12.1. The van der Waals surface area contributed by atoms with Crippen LogP contribution in [0.25, 0.3) is 0 Å². The topological polar surface area (TPSA) is 162 Å². The number of carbonyl (C=O) groups excluding carboxylic acids is 1. The molecular formula is C15H17N5O7S. The third-order valence-electron chi connectivity index (χ3n) is 3.65. The summed E-state index contributed by atoms with van der Waals surface area (Å²) in [5.74, 6) is -0.560. The van der Waals surface area contributed by atoms with Gasteiger partial charge in [-0.15, -0.1) is 0 Å². The summed E-state index contributed by atoms with van der Waals surface area (Å²) < 4.78 is 28.4. The standard InChI is InChI=1S/C15H17N5O7S/c1-18-14(22)5-8-19(15(18)23)10-13(21)16-6-7-17-28(26,27)12-4-2-3-11(9-12)20(24)25/h2-5,8-9,17H,6-7,10H2,1H3,(H,16,21). The molecule has 150 valence electrons. The molecule has 1 amide bonds. The first-order valence-electron chi connectivity index (χ1n) is 7.89. The highest BCUT2D eigenvalue weighted by molar-refractivity contribution is 7.89. The molecule has 13 heteroatoms. The second-order valence-corrected chi connectivity index (χ2v) is 7.39. The van der Waals surface area contributed by atoms with Gasteiger partial charge in [0.2, 0.25) is 15.9 Å². The van der Waals surface area contributed by atoms with Crippen molar-refractivity contribution in [2.45, 2.75) is 11.4 Å². The first-order valence-corrected chi connectivity index (χ1v) is 9.37. The van der Waals surface area contributed by atoms with Crippen molar-refractivity contribution >= 4 is 21.6 Å². The van der Waals surface area contributed by atoms with E-state index in [-0.39, 0.29) is 30.2 Å². The van der Waals surface area contributed by atoms with Crippen LogP contribution in [0.1, 0.15) is 0 Å². The van der Waals surface area contributed by atoms with Gasteiger partial charge in [-0.05, 0) is 6.07 Å². The maximum Gasteiger partial charge on any atom is 0.331 e. The minimum absolute atomic E-state index is 0.0759. The van der Waals surface area contributed by atoms with Gasteiger partial charge in [0.25, 0.3) is 11.2 Å². The Morgan fingerprint density at radius 3 is 2.61 bits per heavy atom.